The molecule has 1 amide bonds. The van der Waals surface area contributed by atoms with Crippen LogP contribution in [0, 0.1) is 5.82 Å². The fourth-order valence-electron chi connectivity index (χ4n) is 1.68. The van der Waals surface area contributed by atoms with E-state index >= 15 is 0 Å². The SMILES string of the molecule is COc1ccc(Br)cc1NC(=O)c1c(F)cccc1Cl. The van der Waals surface area contributed by atoms with Crippen molar-refractivity contribution in [1.82, 2.24) is 0 Å². The van der Waals surface area contributed by atoms with Gasteiger partial charge < -0.3 is 10.1 Å². The molecule has 0 atom stereocenters. The number of carbonyl (C=O) groups excluding carboxylic acids is 1. The van der Waals surface area contributed by atoms with E-state index in [0.717, 1.165) is 4.47 Å². The van der Waals surface area contributed by atoms with Gasteiger partial charge in [0, 0.05) is 4.47 Å². The molecule has 6 heteroatoms. The van der Waals surface area contributed by atoms with Crippen molar-refractivity contribution >= 4 is 39.1 Å². The van der Waals surface area contributed by atoms with Crippen molar-refractivity contribution in [3.63, 3.8) is 0 Å². The third-order valence-corrected chi connectivity index (χ3v) is 3.41. The zero-order chi connectivity index (χ0) is 14.7. The van der Waals surface area contributed by atoms with E-state index in [-0.39, 0.29) is 10.6 Å². The maximum Gasteiger partial charge on any atom is 0.260 e. The molecule has 1 N–H and O–H groups in total. The van der Waals surface area contributed by atoms with Crippen LogP contribution in [0.5, 0.6) is 5.75 Å². The summed E-state index contributed by atoms with van der Waals surface area (Å²) in [5.41, 5.74) is 0.224. The number of hydrogen-bond donors (Lipinski definition) is 1. The van der Waals surface area contributed by atoms with Gasteiger partial charge in [-0.05, 0) is 30.3 Å². The fourth-order valence-corrected chi connectivity index (χ4v) is 2.29. The highest BCUT2D eigenvalue weighted by Crippen LogP contribution is 2.29. The first-order valence-corrected chi connectivity index (χ1v) is 6.79. The monoisotopic (exact) mass is 357 g/mol. The van der Waals surface area contributed by atoms with Crippen LogP contribution in [0.2, 0.25) is 5.02 Å². The van der Waals surface area contributed by atoms with Gasteiger partial charge in [-0.3, -0.25) is 4.79 Å². The Morgan fingerprint density at radius 3 is 2.75 bits per heavy atom. The zero-order valence-electron chi connectivity index (χ0n) is 10.4. The van der Waals surface area contributed by atoms with Crippen molar-refractivity contribution < 1.29 is 13.9 Å². The van der Waals surface area contributed by atoms with Crippen LogP contribution < -0.4 is 10.1 Å². The van der Waals surface area contributed by atoms with Gasteiger partial charge in [-0.1, -0.05) is 33.6 Å². The van der Waals surface area contributed by atoms with Crippen molar-refractivity contribution in [2.24, 2.45) is 0 Å². The fraction of sp³-hybridized carbons (Fsp3) is 0.0714. The van der Waals surface area contributed by atoms with Gasteiger partial charge in [0.25, 0.3) is 5.91 Å². The first-order chi connectivity index (χ1) is 9.52. The number of benzene rings is 2. The highest BCUT2D eigenvalue weighted by molar-refractivity contribution is 9.10. The minimum atomic E-state index is -0.677. The van der Waals surface area contributed by atoms with Gasteiger partial charge >= 0.3 is 0 Å². The number of rotatable bonds is 3. The molecule has 0 saturated carbocycles. The molecule has 0 bridgehead atoms. The second kappa shape index (κ2) is 6.24. The summed E-state index contributed by atoms with van der Waals surface area (Å²) in [5.74, 6) is -0.845. The Morgan fingerprint density at radius 1 is 1.35 bits per heavy atom. The Balaban J connectivity index is 2.35. The normalized spacial score (nSPS) is 10.2. The summed E-state index contributed by atoms with van der Waals surface area (Å²) in [6, 6.07) is 9.18. The largest absolute Gasteiger partial charge is 0.495 e. The highest BCUT2D eigenvalue weighted by Gasteiger charge is 2.17. The number of ether oxygens (including phenoxy) is 1. The third kappa shape index (κ3) is 3.11. The predicted molar refractivity (Wildman–Crippen MR) is 80.1 cm³/mol. The molecule has 0 aliphatic rings. The van der Waals surface area contributed by atoms with E-state index < -0.39 is 11.7 Å². The van der Waals surface area contributed by atoms with E-state index in [1.807, 2.05) is 0 Å². The van der Waals surface area contributed by atoms with E-state index in [1.54, 1.807) is 18.2 Å². The minimum Gasteiger partial charge on any atom is -0.495 e. The molecule has 0 fully saturated rings. The van der Waals surface area contributed by atoms with Gasteiger partial charge in [0.2, 0.25) is 0 Å². The van der Waals surface area contributed by atoms with E-state index in [4.69, 9.17) is 16.3 Å². The quantitative estimate of drug-likeness (QED) is 0.877. The van der Waals surface area contributed by atoms with E-state index in [1.165, 1.54) is 25.3 Å². The number of carbonyl (C=O) groups is 1. The topological polar surface area (TPSA) is 38.3 Å². The molecule has 2 aromatic rings. The average molecular weight is 359 g/mol. The average Bonchev–Trinajstić information content (AvgIpc) is 2.38. The summed E-state index contributed by atoms with van der Waals surface area (Å²) in [4.78, 5) is 12.1. The molecule has 2 rings (SSSR count). The van der Waals surface area contributed by atoms with E-state index in [2.05, 4.69) is 21.2 Å². The first kappa shape index (κ1) is 14.8. The number of halogens is 3. The van der Waals surface area contributed by atoms with Gasteiger partial charge in [0.05, 0.1) is 23.4 Å². The Kier molecular flexibility index (Phi) is 4.62. The van der Waals surface area contributed by atoms with Crippen molar-refractivity contribution in [2.45, 2.75) is 0 Å². The second-order valence-corrected chi connectivity index (χ2v) is 5.22. The molecule has 0 saturated heterocycles. The molecule has 0 aliphatic carbocycles. The van der Waals surface area contributed by atoms with Gasteiger partial charge in [0.1, 0.15) is 11.6 Å². The molecule has 104 valence electrons. The van der Waals surface area contributed by atoms with Crippen molar-refractivity contribution in [2.75, 3.05) is 12.4 Å². The number of hydrogen-bond acceptors (Lipinski definition) is 2. The van der Waals surface area contributed by atoms with Crippen LogP contribution in [0.25, 0.3) is 0 Å². The molecular formula is C14H10BrClFNO2. The standard InChI is InChI=1S/C14H10BrClFNO2/c1-20-12-6-5-8(15)7-11(12)18-14(19)13-9(16)3-2-4-10(13)17/h2-7H,1H3,(H,18,19). The maximum atomic E-state index is 13.7. The van der Waals surface area contributed by atoms with Gasteiger partial charge in [-0.2, -0.15) is 0 Å². The Bertz CT molecular complexity index is 643. The molecule has 20 heavy (non-hydrogen) atoms. The molecule has 2 aromatic carbocycles. The Labute approximate surface area is 128 Å². The van der Waals surface area contributed by atoms with E-state index in [9.17, 15) is 9.18 Å². The molecule has 0 heterocycles. The summed E-state index contributed by atoms with van der Waals surface area (Å²) in [6.07, 6.45) is 0. The number of amides is 1. The lowest BCUT2D eigenvalue weighted by molar-refractivity contribution is 0.102. The third-order valence-electron chi connectivity index (χ3n) is 2.60. The van der Waals surface area contributed by atoms with Crippen LogP contribution in [-0.4, -0.2) is 13.0 Å². The zero-order valence-corrected chi connectivity index (χ0v) is 12.8. The summed E-state index contributed by atoms with van der Waals surface area (Å²) in [5, 5.41) is 2.63. The summed E-state index contributed by atoms with van der Waals surface area (Å²) >= 11 is 9.15. The molecule has 0 unspecified atom stereocenters. The second-order valence-electron chi connectivity index (χ2n) is 3.90. The molecule has 3 nitrogen and oxygen atoms in total. The first-order valence-electron chi connectivity index (χ1n) is 5.62. The van der Waals surface area contributed by atoms with E-state index in [0.29, 0.717) is 11.4 Å². The number of anilines is 1. The van der Waals surface area contributed by atoms with Crippen LogP contribution in [-0.2, 0) is 0 Å². The lowest BCUT2D eigenvalue weighted by atomic mass is 10.2. The van der Waals surface area contributed by atoms with Gasteiger partial charge in [0.15, 0.2) is 0 Å². The minimum absolute atomic E-state index is 0.0523. The van der Waals surface area contributed by atoms with Crippen molar-refractivity contribution in [3.8, 4) is 5.75 Å². The van der Waals surface area contributed by atoms with Crippen LogP contribution in [0.4, 0.5) is 10.1 Å². The van der Waals surface area contributed by atoms with Crippen LogP contribution in [0.15, 0.2) is 40.9 Å². The smallest absolute Gasteiger partial charge is 0.260 e. The summed E-state index contributed by atoms with van der Waals surface area (Å²) in [6.45, 7) is 0. The molecule has 0 aromatic heterocycles. The maximum absolute atomic E-state index is 13.7. The van der Waals surface area contributed by atoms with Crippen molar-refractivity contribution in [3.05, 3.63) is 57.3 Å². The summed E-state index contributed by atoms with van der Waals surface area (Å²) in [7, 11) is 1.48. The number of methoxy groups -OCH3 is 1. The molecular weight excluding hydrogens is 349 g/mol. The van der Waals surface area contributed by atoms with Crippen molar-refractivity contribution in [1.29, 1.82) is 0 Å². The number of nitrogens with one attached hydrogen (secondary N) is 1. The summed E-state index contributed by atoms with van der Waals surface area (Å²) < 4.78 is 19.6. The Hall–Kier alpha value is -1.59. The molecule has 0 radical (unpaired) electrons. The van der Waals surface area contributed by atoms with Crippen LogP contribution in [0.1, 0.15) is 10.4 Å². The van der Waals surface area contributed by atoms with Gasteiger partial charge in [-0.25, -0.2) is 4.39 Å². The molecule has 0 spiro atoms. The lowest BCUT2D eigenvalue weighted by Gasteiger charge is -2.11. The Morgan fingerprint density at radius 2 is 2.10 bits per heavy atom. The lowest BCUT2D eigenvalue weighted by Crippen LogP contribution is -2.15. The predicted octanol–water partition coefficient (Wildman–Crippen LogP) is 4.50. The molecule has 0 aliphatic heterocycles. The van der Waals surface area contributed by atoms with Crippen LogP contribution in [0.3, 0.4) is 0 Å². The highest BCUT2D eigenvalue weighted by atomic mass is 79.9. The van der Waals surface area contributed by atoms with Crippen LogP contribution >= 0.6 is 27.5 Å². The van der Waals surface area contributed by atoms with Gasteiger partial charge in [-0.15, -0.1) is 0 Å².